The molecule has 19 heavy (non-hydrogen) atoms. The second kappa shape index (κ2) is 7.98. The molecule has 108 valence electrons. The van der Waals surface area contributed by atoms with Crippen molar-refractivity contribution in [3.8, 4) is 0 Å². The Labute approximate surface area is 124 Å². The highest BCUT2D eigenvalue weighted by molar-refractivity contribution is 9.10. The lowest BCUT2D eigenvalue weighted by Gasteiger charge is -2.30. The van der Waals surface area contributed by atoms with Crippen LogP contribution in [-0.2, 0) is 6.54 Å². The summed E-state index contributed by atoms with van der Waals surface area (Å²) in [6.07, 6.45) is 0. The molecule has 0 unspecified atom stereocenters. The Morgan fingerprint density at radius 3 is 2.42 bits per heavy atom. The monoisotopic (exact) mass is 330 g/mol. The van der Waals surface area contributed by atoms with Gasteiger partial charge >= 0.3 is 0 Å². The molecule has 0 aliphatic heterocycles. The number of benzene rings is 1. The molecule has 0 aliphatic carbocycles. The number of hydrogen-bond acceptors (Lipinski definition) is 2. The molecule has 0 atom stereocenters. The third-order valence-electron chi connectivity index (χ3n) is 3.20. The Bertz CT molecular complexity index is 386. The molecule has 0 aliphatic rings. The quantitative estimate of drug-likeness (QED) is 0.765. The van der Waals surface area contributed by atoms with Gasteiger partial charge in [-0.05, 0) is 51.5 Å². The van der Waals surface area contributed by atoms with Crippen LogP contribution in [0.25, 0.3) is 0 Å². The zero-order chi connectivity index (χ0) is 14.4. The van der Waals surface area contributed by atoms with E-state index in [2.05, 4.69) is 53.8 Å². The average Bonchev–Trinajstić information content (AvgIpc) is 2.32. The summed E-state index contributed by atoms with van der Waals surface area (Å²) in [6.45, 7) is 11.4. The van der Waals surface area contributed by atoms with Crippen LogP contribution in [-0.4, -0.2) is 30.1 Å². The molecule has 2 nitrogen and oxygen atoms in total. The highest BCUT2D eigenvalue weighted by Gasteiger charge is 2.12. The van der Waals surface area contributed by atoms with Gasteiger partial charge in [0, 0.05) is 36.2 Å². The van der Waals surface area contributed by atoms with Crippen LogP contribution in [0.15, 0.2) is 22.7 Å². The van der Waals surface area contributed by atoms with E-state index >= 15 is 0 Å². The van der Waals surface area contributed by atoms with Gasteiger partial charge in [-0.15, -0.1) is 0 Å². The predicted molar refractivity (Wildman–Crippen MR) is 82.8 cm³/mol. The van der Waals surface area contributed by atoms with E-state index < -0.39 is 0 Å². The molecule has 1 N–H and O–H groups in total. The number of hydrogen-bond donors (Lipinski definition) is 1. The Hall–Kier alpha value is -0.450. The van der Waals surface area contributed by atoms with E-state index in [0.717, 1.165) is 23.1 Å². The molecule has 1 aromatic rings. The maximum atomic E-state index is 13.1. The molecule has 4 heteroatoms. The Balaban J connectivity index is 2.40. The molecule has 0 saturated carbocycles. The van der Waals surface area contributed by atoms with Crippen LogP contribution in [0.4, 0.5) is 4.39 Å². The van der Waals surface area contributed by atoms with Crippen molar-refractivity contribution in [2.75, 3.05) is 13.1 Å². The lowest BCUT2D eigenvalue weighted by molar-refractivity contribution is 0.176. The molecule has 0 bridgehead atoms. The summed E-state index contributed by atoms with van der Waals surface area (Å²) in [6, 6.07) is 5.87. The summed E-state index contributed by atoms with van der Waals surface area (Å²) in [5.74, 6) is -0.189. The summed E-state index contributed by atoms with van der Waals surface area (Å²) < 4.78 is 14.1. The van der Waals surface area contributed by atoms with Gasteiger partial charge in [-0.2, -0.15) is 0 Å². The summed E-state index contributed by atoms with van der Waals surface area (Å²) in [4.78, 5) is 2.44. The first kappa shape index (κ1) is 16.6. The number of halogens is 2. The fraction of sp³-hybridized carbons (Fsp3) is 0.600. The third-order valence-corrected chi connectivity index (χ3v) is 3.97. The highest BCUT2D eigenvalue weighted by Crippen LogP contribution is 2.17. The van der Waals surface area contributed by atoms with Gasteiger partial charge in [0.2, 0.25) is 0 Å². The standard InChI is InChI=1S/C15H24BrFN2/c1-11(2)19(12(3)4)8-7-18-10-13-9-14(17)5-6-15(13)16/h5-6,9,11-12,18H,7-8,10H2,1-4H3. The molecular formula is C15H24BrFN2. The van der Waals surface area contributed by atoms with Crippen LogP contribution >= 0.6 is 15.9 Å². The molecule has 1 aromatic carbocycles. The van der Waals surface area contributed by atoms with E-state index in [1.165, 1.54) is 6.07 Å². The van der Waals surface area contributed by atoms with Crippen LogP contribution in [0, 0.1) is 5.82 Å². The highest BCUT2D eigenvalue weighted by atomic mass is 79.9. The minimum atomic E-state index is -0.189. The minimum Gasteiger partial charge on any atom is -0.311 e. The van der Waals surface area contributed by atoms with Crippen molar-refractivity contribution < 1.29 is 4.39 Å². The van der Waals surface area contributed by atoms with Gasteiger partial charge in [0.15, 0.2) is 0 Å². The van der Waals surface area contributed by atoms with Crippen LogP contribution in [0.3, 0.4) is 0 Å². The molecule has 0 spiro atoms. The van der Waals surface area contributed by atoms with Crippen molar-refractivity contribution in [3.63, 3.8) is 0 Å². The third kappa shape index (κ3) is 5.59. The summed E-state index contributed by atoms with van der Waals surface area (Å²) in [7, 11) is 0. The smallest absolute Gasteiger partial charge is 0.123 e. The SMILES string of the molecule is CC(C)N(CCNCc1cc(F)ccc1Br)C(C)C. The normalized spacial score (nSPS) is 11.8. The van der Waals surface area contributed by atoms with E-state index in [-0.39, 0.29) is 5.82 Å². The molecule has 0 radical (unpaired) electrons. The maximum Gasteiger partial charge on any atom is 0.123 e. The first-order valence-electron chi connectivity index (χ1n) is 6.82. The Kier molecular flexibility index (Phi) is 6.97. The van der Waals surface area contributed by atoms with Gasteiger partial charge in [0.05, 0.1) is 0 Å². The van der Waals surface area contributed by atoms with E-state index in [9.17, 15) is 4.39 Å². The second-order valence-corrected chi connectivity index (χ2v) is 6.19. The van der Waals surface area contributed by atoms with Gasteiger partial charge in [-0.1, -0.05) is 15.9 Å². The van der Waals surface area contributed by atoms with Crippen LogP contribution in [0.1, 0.15) is 33.3 Å². The summed E-state index contributed by atoms with van der Waals surface area (Å²) in [5.41, 5.74) is 0.959. The van der Waals surface area contributed by atoms with E-state index in [4.69, 9.17) is 0 Å². The summed E-state index contributed by atoms with van der Waals surface area (Å²) >= 11 is 3.44. The lowest BCUT2D eigenvalue weighted by Crippen LogP contribution is -2.41. The maximum absolute atomic E-state index is 13.1. The molecule has 0 aromatic heterocycles. The number of nitrogens with one attached hydrogen (secondary N) is 1. The van der Waals surface area contributed by atoms with Crippen molar-refractivity contribution in [1.82, 2.24) is 10.2 Å². The first-order valence-corrected chi connectivity index (χ1v) is 7.61. The van der Waals surface area contributed by atoms with Gasteiger partial charge < -0.3 is 5.32 Å². The van der Waals surface area contributed by atoms with Gasteiger partial charge in [-0.25, -0.2) is 4.39 Å². The number of rotatable bonds is 7. The molecule has 1 rings (SSSR count). The van der Waals surface area contributed by atoms with Gasteiger partial charge in [-0.3, -0.25) is 4.90 Å². The van der Waals surface area contributed by atoms with Crippen molar-refractivity contribution in [1.29, 1.82) is 0 Å². The zero-order valence-corrected chi connectivity index (χ0v) is 13.8. The first-order chi connectivity index (χ1) is 8.91. The van der Waals surface area contributed by atoms with Crippen LogP contribution < -0.4 is 5.32 Å². The van der Waals surface area contributed by atoms with Crippen molar-refractivity contribution in [3.05, 3.63) is 34.1 Å². The van der Waals surface area contributed by atoms with Crippen LogP contribution in [0.5, 0.6) is 0 Å². The molecular weight excluding hydrogens is 307 g/mol. The largest absolute Gasteiger partial charge is 0.311 e. The fourth-order valence-electron chi connectivity index (χ4n) is 2.22. The van der Waals surface area contributed by atoms with E-state index in [1.54, 1.807) is 12.1 Å². The summed E-state index contributed by atoms with van der Waals surface area (Å²) in [5, 5.41) is 3.37. The van der Waals surface area contributed by atoms with Gasteiger partial charge in [0.25, 0.3) is 0 Å². The molecule has 0 amide bonds. The van der Waals surface area contributed by atoms with Gasteiger partial charge in [0.1, 0.15) is 5.82 Å². The molecule has 0 fully saturated rings. The average molecular weight is 331 g/mol. The van der Waals surface area contributed by atoms with Crippen LogP contribution in [0.2, 0.25) is 0 Å². The number of nitrogens with zero attached hydrogens (tertiary/aromatic N) is 1. The van der Waals surface area contributed by atoms with E-state index in [0.29, 0.717) is 18.6 Å². The molecule has 0 heterocycles. The molecule has 0 saturated heterocycles. The Morgan fingerprint density at radius 2 is 1.84 bits per heavy atom. The van der Waals surface area contributed by atoms with E-state index in [1.807, 2.05) is 0 Å². The van der Waals surface area contributed by atoms with Crippen molar-refractivity contribution in [2.24, 2.45) is 0 Å². The topological polar surface area (TPSA) is 15.3 Å². The predicted octanol–water partition coefficient (Wildman–Crippen LogP) is 3.80. The fourth-order valence-corrected chi connectivity index (χ4v) is 2.61. The van der Waals surface area contributed by atoms with Crippen molar-refractivity contribution in [2.45, 2.75) is 46.3 Å². The lowest BCUT2D eigenvalue weighted by atomic mass is 10.2. The Morgan fingerprint density at radius 1 is 1.21 bits per heavy atom. The zero-order valence-electron chi connectivity index (χ0n) is 12.2. The van der Waals surface area contributed by atoms with Crippen molar-refractivity contribution >= 4 is 15.9 Å². The second-order valence-electron chi connectivity index (χ2n) is 5.34. The minimum absolute atomic E-state index is 0.189.